The van der Waals surface area contributed by atoms with Crippen molar-refractivity contribution in [2.24, 2.45) is 5.92 Å². The summed E-state index contributed by atoms with van der Waals surface area (Å²) in [5, 5.41) is 0. The molecule has 0 heterocycles. The fraction of sp³-hybridized carbons (Fsp3) is 0.857. The van der Waals surface area contributed by atoms with E-state index in [9.17, 15) is 13.6 Å². The van der Waals surface area contributed by atoms with E-state index in [1.54, 1.807) is 0 Å². The second-order valence-electron chi connectivity index (χ2n) is 2.93. The lowest BCUT2D eigenvalue weighted by molar-refractivity contribution is -0.169. The maximum Gasteiger partial charge on any atom is 0.376 e. The number of rotatable bonds is 3. The Morgan fingerprint density at radius 1 is 1.64 bits per heavy atom. The number of hydrogen-bond donors (Lipinski definition) is 0. The number of carbonyl (C=O) groups is 1. The molecule has 1 saturated carbocycles. The van der Waals surface area contributed by atoms with E-state index in [0.717, 1.165) is 12.8 Å². The predicted molar refractivity (Wildman–Crippen MR) is 34.3 cm³/mol. The molecule has 1 fully saturated rings. The second-order valence-corrected chi connectivity index (χ2v) is 2.93. The van der Waals surface area contributed by atoms with E-state index in [-0.39, 0.29) is 6.61 Å². The van der Waals surface area contributed by atoms with Crippen molar-refractivity contribution in [1.29, 1.82) is 0 Å². The Morgan fingerprint density at radius 3 is 2.55 bits per heavy atom. The molecule has 0 radical (unpaired) electrons. The van der Waals surface area contributed by atoms with Gasteiger partial charge in [-0.2, -0.15) is 8.78 Å². The highest BCUT2D eigenvalue weighted by molar-refractivity contribution is 5.76. The zero-order chi connectivity index (χ0) is 8.48. The molecule has 0 N–H and O–H groups in total. The van der Waals surface area contributed by atoms with Gasteiger partial charge in [0.1, 0.15) is 0 Å². The summed E-state index contributed by atoms with van der Waals surface area (Å²) >= 11 is 0. The third-order valence-electron chi connectivity index (χ3n) is 1.51. The summed E-state index contributed by atoms with van der Waals surface area (Å²) in [7, 11) is 0. The Labute approximate surface area is 63.5 Å². The fourth-order valence-electron chi connectivity index (χ4n) is 0.605. The van der Waals surface area contributed by atoms with Crippen molar-refractivity contribution in [2.75, 3.05) is 6.61 Å². The highest BCUT2D eigenvalue weighted by Gasteiger charge is 2.35. The molecule has 1 aliphatic carbocycles. The molecule has 11 heavy (non-hydrogen) atoms. The lowest BCUT2D eigenvalue weighted by Crippen LogP contribution is -2.27. The van der Waals surface area contributed by atoms with E-state index in [1.807, 2.05) is 0 Å². The zero-order valence-electron chi connectivity index (χ0n) is 6.27. The van der Waals surface area contributed by atoms with E-state index in [2.05, 4.69) is 4.74 Å². The van der Waals surface area contributed by atoms with Gasteiger partial charge >= 0.3 is 11.9 Å². The first kappa shape index (κ1) is 8.43. The molecule has 0 saturated heterocycles. The fourth-order valence-corrected chi connectivity index (χ4v) is 0.605. The first-order valence-electron chi connectivity index (χ1n) is 3.55. The minimum atomic E-state index is -3.34. The van der Waals surface area contributed by atoms with Gasteiger partial charge in [-0.3, -0.25) is 0 Å². The maximum atomic E-state index is 12.1. The van der Waals surface area contributed by atoms with Gasteiger partial charge in [0.15, 0.2) is 0 Å². The van der Waals surface area contributed by atoms with Crippen LogP contribution in [0.1, 0.15) is 19.8 Å². The van der Waals surface area contributed by atoms with Crippen LogP contribution in [0.5, 0.6) is 0 Å². The Kier molecular flexibility index (Phi) is 2.11. The third kappa shape index (κ3) is 2.82. The van der Waals surface area contributed by atoms with Gasteiger partial charge in [0.2, 0.25) is 0 Å². The Bertz CT molecular complexity index is 158. The van der Waals surface area contributed by atoms with Crippen LogP contribution in [0.2, 0.25) is 0 Å². The van der Waals surface area contributed by atoms with Crippen molar-refractivity contribution in [2.45, 2.75) is 25.7 Å². The smallest absolute Gasteiger partial charge is 0.376 e. The van der Waals surface area contributed by atoms with Crippen LogP contribution >= 0.6 is 0 Å². The van der Waals surface area contributed by atoms with E-state index in [1.165, 1.54) is 0 Å². The van der Waals surface area contributed by atoms with Crippen LogP contribution in [0.3, 0.4) is 0 Å². The molecule has 4 heteroatoms. The third-order valence-corrected chi connectivity index (χ3v) is 1.51. The van der Waals surface area contributed by atoms with Crippen molar-refractivity contribution >= 4 is 5.97 Å². The summed E-state index contributed by atoms with van der Waals surface area (Å²) in [5.41, 5.74) is 0. The van der Waals surface area contributed by atoms with Gasteiger partial charge in [0.05, 0.1) is 6.61 Å². The predicted octanol–water partition coefficient (Wildman–Crippen LogP) is 1.59. The molecule has 0 amide bonds. The molecule has 1 rings (SSSR count). The summed E-state index contributed by atoms with van der Waals surface area (Å²) in [6.07, 6.45) is 1.98. The van der Waals surface area contributed by atoms with Crippen molar-refractivity contribution in [3.8, 4) is 0 Å². The number of carbonyl (C=O) groups excluding carboxylic acids is 1. The molecule has 0 spiro atoms. The second kappa shape index (κ2) is 2.75. The number of esters is 1. The molecule has 64 valence electrons. The van der Waals surface area contributed by atoms with E-state index >= 15 is 0 Å². The van der Waals surface area contributed by atoms with Crippen molar-refractivity contribution < 1.29 is 18.3 Å². The van der Waals surface area contributed by atoms with Crippen LogP contribution in [-0.4, -0.2) is 18.5 Å². The molecule has 0 aromatic carbocycles. The summed E-state index contributed by atoms with van der Waals surface area (Å²) < 4.78 is 28.6. The molecule has 0 bridgehead atoms. The molecule has 0 aliphatic heterocycles. The molecule has 1 aliphatic rings. The van der Waals surface area contributed by atoms with Crippen molar-refractivity contribution in [3.05, 3.63) is 0 Å². The summed E-state index contributed by atoms with van der Waals surface area (Å²) in [6, 6.07) is 0. The van der Waals surface area contributed by atoms with Gasteiger partial charge in [0, 0.05) is 6.92 Å². The molecule has 0 aromatic rings. The molecular weight excluding hydrogens is 154 g/mol. The number of halogens is 2. The van der Waals surface area contributed by atoms with Crippen LogP contribution in [0.4, 0.5) is 8.78 Å². The molecular formula is C7H10F2O2. The van der Waals surface area contributed by atoms with Gasteiger partial charge in [-0.05, 0) is 18.8 Å². The van der Waals surface area contributed by atoms with Crippen LogP contribution in [-0.2, 0) is 9.53 Å². The summed E-state index contributed by atoms with van der Waals surface area (Å²) in [6.45, 7) is 0.699. The molecule has 0 atom stereocenters. The van der Waals surface area contributed by atoms with Crippen LogP contribution in [0, 0.1) is 5.92 Å². The van der Waals surface area contributed by atoms with Crippen LogP contribution in [0.25, 0.3) is 0 Å². The normalized spacial score (nSPS) is 18.1. The van der Waals surface area contributed by atoms with Crippen molar-refractivity contribution in [1.82, 2.24) is 0 Å². The topological polar surface area (TPSA) is 26.3 Å². The standard InChI is InChI=1S/C7H10F2O2/c1-7(8,9)6(10)11-4-5-2-3-5/h5H,2-4H2,1H3. The summed E-state index contributed by atoms with van der Waals surface area (Å²) in [5.74, 6) is -4.42. The van der Waals surface area contributed by atoms with Crippen LogP contribution < -0.4 is 0 Å². The lowest BCUT2D eigenvalue weighted by Gasteiger charge is -2.08. The van der Waals surface area contributed by atoms with Gasteiger partial charge in [-0.1, -0.05) is 0 Å². The Morgan fingerprint density at radius 2 is 2.18 bits per heavy atom. The Balaban J connectivity index is 2.19. The average molecular weight is 164 g/mol. The largest absolute Gasteiger partial charge is 0.461 e. The number of hydrogen-bond acceptors (Lipinski definition) is 2. The van der Waals surface area contributed by atoms with Gasteiger partial charge < -0.3 is 4.74 Å². The average Bonchev–Trinajstić information content (AvgIpc) is 2.62. The molecule has 2 nitrogen and oxygen atoms in total. The van der Waals surface area contributed by atoms with E-state index in [4.69, 9.17) is 0 Å². The maximum absolute atomic E-state index is 12.1. The van der Waals surface area contributed by atoms with Gasteiger partial charge in [-0.25, -0.2) is 4.79 Å². The first-order chi connectivity index (χ1) is 5.00. The minimum Gasteiger partial charge on any atom is -0.461 e. The van der Waals surface area contributed by atoms with Crippen LogP contribution in [0.15, 0.2) is 0 Å². The van der Waals surface area contributed by atoms with Gasteiger partial charge in [0.25, 0.3) is 0 Å². The van der Waals surface area contributed by atoms with Gasteiger partial charge in [-0.15, -0.1) is 0 Å². The van der Waals surface area contributed by atoms with Crippen molar-refractivity contribution in [3.63, 3.8) is 0 Å². The lowest BCUT2D eigenvalue weighted by atomic mass is 10.4. The van der Waals surface area contributed by atoms with E-state index < -0.39 is 11.9 Å². The molecule has 0 aromatic heterocycles. The minimum absolute atomic E-state index is 0.155. The highest BCUT2D eigenvalue weighted by atomic mass is 19.3. The SMILES string of the molecule is CC(F)(F)C(=O)OCC1CC1. The summed E-state index contributed by atoms with van der Waals surface area (Å²) in [4.78, 5) is 10.4. The zero-order valence-corrected chi connectivity index (χ0v) is 6.27. The Hall–Kier alpha value is -0.670. The van der Waals surface area contributed by atoms with E-state index in [0.29, 0.717) is 12.8 Å². The quantitative estimate of drug-likeness (QED) is 0.592. The first-order valence-corrected chi connectivity index (χ1v) is 3.55. The number of alkyl halides is 2. The molecule has 0 unspecified atom stereocenters. The highest BCUT2D eigenvalue weighted by Crippen LogP contribution is 2.29. The monoisotopic (exact) mass is 164 g/mol. The number of ether oxygens (including phenoxy) is 1.